The summed E-state index contributed by atoms with van der Waals surface area (Å²) in [6, 6.07) is 6.60. The first-order valence-corrected chi connectivity index (χ1v) is 10.5. The Bertz CT molecular complexity index is 791. The molecular formula is C23H29N2P. The largest absolute Gasteiger partial charge is 0.356 e. The standard InChI is InChI=1S/C23H29N2P/c1-16-12-17(2)14-19(13-16)15-20(24)8-5-4-6-11-23-25-18(3)21-9-7-10-22(21)26-23/h7,10-14,24-26H,3-6,8-9,15H2,1-2H3/b23-11-,24-20?. The van der Waals surface area contributed by atoms with Crippen LogP contribution < -0.4 is 5.32 Å². The number of aryl methyl sites for hydroxylation is 2. The van der Waals surface area contributed by atoms with Gasteiger partial charge in [-0.05, 0) is 71.0 Å². The van der Waals surface area contributed by atoms with Gasteiger partial charge in [0.25, 0.3) is 0 Å². The van der Waals surface area contributed by atoms with Crippen molar-refractivity contribution in [3.05, 3.63) is 81.7 Å². The zero-order valence-corrected chi connectivity index (χ0v) is 16.9. The van der Waals surface area contributed by atoms with Crippen LogP contribution in [0.4, 0.5) is 0 Å². The molecule has 3 rings (SSSR count). The Morgan fingerprint density at radius 1 is 1.23 bits per heavy atom. The molecule has 0 saturated heterocycles. The van der Waals surface area contributed by atoms with Gasteiger partial charge < -0.3 is 10.7 Å². The number of unbranched alkanes of at least 4 members (excludes halogenated alkanes) is 2. The van der Waals surface area contributed by atoms with E-state index in [0.29, 0.717) is 0 Å². The van der Waals surface area contributed by atoms with E-state index in [9.17, 15) is 0 Å². The van der Waals surface area contributed by atoms with E-state index in [1.807, 2.05) is 0 Å². The predicted molar refractivity (Wildman–Crippen MR) is 115 cm³/mol. The lowest BCUT2D eigenvalue weighted by Crippen LogP contribution is -2.14. The lowest BCUT2D eigenvalue weighted by Gasteiger charge is -2.22. The van der Waals surface area contributed by atoms with Gasteiger partial charge in [0.05, 0.1) is 0 Å². The van der Waals surface area contributed by atoms with Gasteiger partial charge in [-0.3, -0.25) is 0 Å². The number of hydrogen-bond donors (Lipinski definition) is 2. The Balaban J connectivity index is 1.39. The molecule has 0 radical (unpaired) electrons. The summed E-state index contributed by atoms with van der Waals surface area (Å²) in [5, 5.41) is 13.2. The normalized spacial score (nSPS) is 18.5. The first-order chi connectivity index (χ1) is 12.5. The second-order valence-electron chi connectivity index (χ2n) is 7.37. The molecule has 1 unspecified atom stereocenters. The number of nitrogens with one attached hydrogen (secondary N) is 2. The molecule has 0 saturated carbocycles. The van der Waals surface area contributed by atoms with Crippen LogP contribution in [0.15, 0.2) is 65.0 Å². The van der Waals surface area contributed by atoms with Crippen LogP contribution in [0, 0.1) is 19.3 Å². The lowest BCUT2D eigenvalue weighted by molar-refractivity contribution is 0.767. The van der Waals surface area contributed by atoms with Crippen LogP contribution in [-0.2, 0) is 6.42 Å². The summed E-state index contributed by atoms with van der Waals surface area (Å²) in [6.45, 7) is 8.41. The van der Waals surface area contributed by atoms with E-state index < -0.39 is 0 Å². The topological polar surface area (TPSA) is 35.9 Å². The van der Waals surface area contributed by atoms with Crippen LogP contribution in [0.3, 0.4) is 0 Å². The third-order valence-corrected chi connectivity index (χ3v) is 6.17. The SMILES string of the molecule is C=C1N/C(=C/CCCCC(=N)Cc2cc(C)cc(C)c2)PC2=C1CC=C2. The summed E-state index contributed by atoms with van der Waals surface area (Å²) < 4.78 is 0. The molecular weight excluding hydrogens is 335 g/mol. The summed E-state index contributed by atoms with van der Waals surface area (Å²) in [4.78, 5) is 0. The minimum Gasteiger partial charge on any atom is -0.356 e. The average molecular weight is 364 g/mol. The highest BCUT2D eigenvalue weighted by atomic mass is 31.1. The fraction of sp³-hybridized carbons (Fsp3) is 0.348. The minimum atomic E-state index is 0.738. The highest BCUT2D eigenvalue weighted by molar-refractivity contribution is 7.48. The summed E-state index contributed by atoms with van der Waals surface area (Å²) in [5.41, 5.74) is 8.47. The fourth-order valence-electron chi connectivity index (χ4n) is 3.66. The van der Waals surface area contributed by atoms with E-state index in [1.165, 1.54) is 33.0 Å². The van der Waals surface area contributed by atoms with Crippen LogP contribution in [0.1, 0.15) is 48.8 Å². The number of allylic oxidation sites excluding steroid dienone is 5. The van der Waals surface area contributed by atoms with Crippen molar-refractivity contribution in [2.45, 2.75) is 52.4 Å². The molecule has 136 valence electrons. The molecule has 0 aromatic heterocycles. The molecule has 1 atom stereocenters. The van der Waals surface area contributed by atoms with Crippen molar-refractivity contribution in [1.29, 1.82) is 5.41 Å². The van der Waals surface area contributed by atoms with Crippen LogP contribution >= 0.6 is 8.58 Å². The van der Waals surface area contributed by atoms with Gasteiger partial charge in [0.1, 0.15) is 0 Å². The van der Waals surface area contributed by atoms with E-state index in [2.05, 4.69) is 62.2 Å². The summed E-state index contributed by atoms with van der Waals surface area (Å²) in [7, 11) is 0.738. The molecule has 2 N–H and O–H groups in total. The fourth-order valence-corrected chi connectivity index (χ4v) is 5.01. The summed E-state index contributed by atoms with van der Waals surface area (Å²) in [6.07, 6.45) is 12.8. The molecule has 1 aromatic rings. The van der Waals surface area contributed by atoms with E-state index >= 15 is 0 Å². The van der Waals surface area contributed by atoms with Gasteiger partial charge in [0.2, 0.25) is 0 Å². The van der Waals surface area contributed by atoms with Crippen LogP contribution in [0.2, 0.25) is 0 Å². The zero-order valence-electron chi connectivity index (χ0n) is 15.9. The molecule has 0 bridgehead atoms. The van der Waals surface area contributed by atoms with E-state index in [-0.39, 0.29) is 0 Å². The molecule has 2 aliphatic rings. The van der Waals surface area contributed by atoms with Crippen molar-refractivity contribution in [2.75, 3.05) is 0 Å². The zero-order chi connectivity index (χ0) is 18.5. The molecule has 2 nitrogen and oxygen atoms in total. The van der Waals surface area contributed by atoms with Crippen molar-refractivity contribution in [3.8, 4) is 0 Å². The lowest BCUT2D eigenvalue weighted by atomic mass is 10.00. The predicted octanol–water partition coefficient (Wildman–Crippen LogP) is 6.28. The Morgan fingerprint density at radius 3 is 2.77 bits per heavy atom. The third-order valence-electron chi connectivity index (χ3n) is 4.83. The Labute approximate surface area is 159 Å². The van der Waals surface area contributed by atoms with E-state index in [1.54, 1.807) is 0 Å². The number of rotatable bonds is 7. The highest BCUT2D eigenvalue weighted by Crippen LogP contribution is 2.44. The summed E-state index contributed by atoms with van der Waals surface area (Å²) >= 11 is 0. The van der Waals surface area contributed by atoms with Crippen molar-refractivity contribution >= 4 is 14.3 Å². The maximum absolute atomic E-state index is 8.25. The van der Waals surface area contributed by atoms with Gasteiger partial charge in [0.15, 0.2) is 0 Å². The molecule has 0 amide bonds. The summed E-state index contributed by atoms with van der Waals surface area (Å²) in [5.74, 6) is 0. The second-order valence-corrected chi connectivity index (χ2v) is 8.69. The Hall–Kier alpha value is -1.92. The second kappa shape index (κ2) is 8.64. The maximum Gasteiger partial charge on any atom is 0.0361 e. The van der Waals surface area contributed by atoms with Crippen molar-refractivity contribution in [2.24, 2.45) is 0 Å². The van der Waals surface area contributed by atoms with E-state index in [4.69, 9.17) is 5.41 Å². The van der Waals surface area contributed by atoms with Gasteiger partial charge in [-0.25, -0.2) is 0 Å². The van der Waals surface area contributed by atoms with Gasteiger partial charge in [-0.15, -0.1) is 0 Å². The number of benzene rings is 1. The number of hydrogen-bond acceptors (Lipinski definition) is 2. The van der Waals surface area contributed by atoms with Gasteiger partial charge in [-0.2, -0.15) is 0 Å². The van der Waals surface area contributed by atoms with Crippen molar-refractivity contribution in [3.63, 3.8) is 0 Å². The Morgan fingerprint density at radius 2 is 2.00 bits per heavy atom. The average Bonchev–Trinajstić information content (AvgIpc) is 3.02. The maximum atomic E-state index is 8.25. The van der Waals surface area contributed by atoms with Crippen LogP contribution in [0.5, 0.6) is 0 Å². The third kappa shape index (κ3) is 5.05. The molecule has 26 heavy (non-hydrogen) atoms. The molecule has 1 aliphatic carbocycles. The van der Waals surface area contributed by atoms with Gasteiger partial charge >= 0.3 is 0 Å². The van der Waals surface area contributed by atoms with Gasteiger partial charge in [-0.1, -0.05) is 54.1 Å². The molecule has 1 aliphatic heterocycles. The first kappa shape index (κ1) is 18.9. The monoisotopic (exact) mass is 364 g/mol. The molecule has 1 aromatic carbocycles. The minimum absolute atomic E-state index is 0.738. The molecule has 0 spiro atoms. The van der Waals surface area contributed by atoms with E-state index in [0.717, 1.165) is 58.5 Å². The first-order valence-electron chi connectivity index (χ1n) is 9.48. The Kier molecular flexibility index (Phi) is 6.27. The molecule has 3 heteroatoms. The van der Waals surface area contributed by atoms with Crippen LogP contribution in [-0.4, -0.2) is 5.71 Å². The van der Waals surface area contributed by atoms with Crippen molar-refractivity contribution in [1.82, 2.24) is 5.32 Å². The quantitative estimate of drug-likeness (QED) is 0.333. The highest BCUT2D eigenvalue weighted by Gasteiger charge is 2.19. The molecule has 1 heterocycles. The van der Waals surface area contributed by atoms with Gasteiger partial charge in [0, 0.05) is 23.3 Å². The van der Waals surface area contributed by atoms with Crippen molar-refractivity contribution < 1.29 is 0 Å². The van der Waals surface area contributed by atoms with Crippen LogP contribution in [0.25, 0.3) is 0 Å². The smallest absolute Gasteiger partial charge is 0.0361 e. The molecule has 0 fully saturated rings.